The molecule has 2 fully saturated rings. The van der Waals surface area contributed by atoms with Gasteiger partial charge >= 0.3 is 0 Å². The highest BCUT2D eigenvalue weighted by Gasteiger charge is 2.29. The van der Waals surface area contributed by atoms with Crippen molar-refractivity contribution >= 4 is 11.6 Å². The molecular formula is C16H27N5. The van der Waals surface area contributed by atoms with Gasteiger partial charge in [-0.3, -0.25) is 4.90 Å². The van der Waals surface area contributed by atoms with Crippen LogP contribution in [0.4, 0.5) is 11.6 Å². The molecule has 1 atom stereocenters. The summed E-state index contributed by atoms with van der Waals surface area (Å²) < 4.78 is 0. The van der Waals surface area contributed by atoms with Gasteiger partial charge in [-0.2, -0.15) is 0 Å². The number of aromatic nitrogens is 2. The quantitative estimate of drug-likeness (QED) is 0.921. The normalized spacial score (nSPS) is 23.0. The average molecular weight is 289 g/mol. The molecule has 0 aliphatic carbocycles. The summed E-state index contributed by atoms with van der Waals surface area (Å²) in [6, 6.07) is 0.717. The van der Waals surface area contributed by atoms with E-state index in [0.29, 0.717) is 6.04 Å². The highest BCUT2D eigenvalue weighted by molar-refractivity contribution is 5.58. The first-order valence-corrected chi connectivity index (χ1v) is 8.34. The minimum absolute atomic E-state index is 0.717. The second kappa shape index (κ2) is 6.60. The molecule has 21 heavy (non-hydrogen) atoms. The van der Waals surface area contributed by atoms with Crippen molar-refractivity contribution in [3.63, 3.8) is 0 Å². The van der Waals surface area contributed by atoms with Gasteiger partial charge in [0.1, 0.15) is 18.0 Å². The van der Waals surface area contributed by atoms with E-state index in [1.807, 2.05) is 0 Å². The van der Waals surface area contributed by atoms with Crippen molar-refractivity contribution in [2.75, 3.05) is 42.9 Å². The molecule has 1 unspecified atom stereocenters. The summed E-state index contributed by atoms with van der Waals surface area (Å²) in [5.74, 6) is 2.12. The predicted octanol–water partition coefficient (Wildman–Crippen LogP) is 2.28. The van der Waals surface area contributed by atoms with Crippen LogP contribution >= 0.6 is 0 Å². The summed E-state index contributed by atoms with van der Waals surface area (Å²) in [5, 5.41) is 3.42. The zero-order valence-electron chi connectivity index (χ0n) is 13.3. The largest absolute Gasteiger partial charge is 0.370 e. The van der Waals surface area contributed by atoms with Crippen LogP contribution in [0.5, 0.6) is 0 Å². The Kier molecular flexibility index (Phi) is 4.58. The number of fused-ring (bicyclic) bond motifs is 1. The Morgan fingerprint density at radius 1 is 1.24 bits per heavy atom. The molecule has 2 saturated heterocycles. The summed E-state index contributed by atoms with van der Waals surface area (Å²) in [7, 11) is 0. The van der Waals surface area contributed by atoms with E-state index in [9.17, 15) is 0 Å². The molecule has 0 spiro atoms. The summed E-state index contributed by atoms with van der Waals surface area (Å²) in [6.07, 6.45) is 6.74. The Morgan fingerprint density at radius 2 is 2.10 bits per heavy atom. The van der Waals surface area contributed by atoms with Crippen LogP contribution in [0.25, 0.3) is 0 Å². The molecule has 0 radical (unpaired) electrons. The second-order valence-corrected chi connectivity index (χ2v) is 6.23. The predicted molar refractivity (Wildman–Crippen MR) is 87.0 cm³/mol. The van der Waals surface area contributed by atoms with Gasteiger partial charge in [-0.1, -0.05) is 6.92 Å². The summed E-state index contributed by atoms with van der Waals surface area (Å²) in [5.41, 5.74) is 1.19. The first-order valence-electron chi connectivity index (χ1n) is 8.34. The van der Waals surface area contributed by atoms with Crippen molar-refractivity contribution in [3.8, 4) is 0 Å². The van der Waals surface area contributed by atoms with Crippen LogP contribution in [0, 0.1) is 6.92 Å². The van der Waals surface area contributed by atoms with Gasteiger partial charge in [0.2, 0.25) is 0 Å². The highest BCUT2D eigenvalue weighted by atomic mass is 15.3. The fraction of sp³-hybridized carbons (Fsp3) is 0.750. The fourth-order valence-electron chi connectivity index (χ4n) is 3.58. The fourth-order valence-corrected chi connectivity index (χ4v) is 3.58. The van der Waals surface area contributed by atoms with Crippen molar-refractivity contribution in [1.29, 1.82) is 0 Å². The van der Waals surface area contributed by atoms with Crippen molar-refractivity contribution in [3.05, 3.63) is 11.9 Å². The van der Waals surface area contributed by atoms with E-state index in [1.54, 1.807) is 6.33 Å². The number of nitrogens with zero attached hydrogens (tertiary/aromatic N) is 4. The van der Waals surface area contributed by atoms with E-state index < -0.39 is 0 Å². The Hall–Kier alpha value is -1.36. The minimum atomic E-state index is 0.717. The minimum Gasteiger partial charge on any atom is -0.370 e. The van der Waals surface area contributed by atoms with Crippen molar-refractivity contribution < 1.29 is 0 Å². The van der Waals surface area contributed by atoms with Gasteiger partial charge in [0.25, 0.3) is 0 Å². The monoisotopic (exact) mass is 289 g/mol. The van der Waals surface area contributed by atoms with Crippen molar-refractivity contribution in [2.24, 2.45) is 0 Å². The number of rotatable bonds is 4. The zero-order valence-corrected chi connectivity index (χ0v) is 13.3. The van der Waals surface area contributed by atoms with Crippen LogP contribution in [0.1, 0.15) is 38.2 Å². The molecule has 0 aromatic carbocycles. The third-order valence-corrected chi connectivity index (χ3v) is 4.70. The van der Waals surface area contributed by atoms with Crippen molar-refractivity contribution in [2.45, 2.75) is 45.6 Å². The molecule has 2 aliphatic rings. The lowest BCUT2D eigenvalue weighted by Gasteiger charge is -2.27. The zero-order chi connectivity index (χ0) is 14.7. The maximum Gasteiger partial charge on any atom is 0.137 e. The smallest absolute Gasteiger partial charge is 0.137 e. The van der Waals surface area contributed by atoms with Gasteiger partial charge in [0, 0.05) is 37.8 Å². The molecule has 5 heteroatoms. The van der Waals surface area contributed by atoms with Gasteiger partial charge in [-0.25, -0.2) is 9.97 Å². The van der Waals surface area contributed by atoms with E-state index >= 15 is 0 Å². The maximum atomic E-state index is 4.58. The highest BCUT2D eigenvalue weighted by Crippen LogP contribution is 2.27. The van der Waals surface area contributed by atoms with Crippen LogP contribution in [0.2, 0.25) is 0 Å². The lowest BCUT2D eigenvalue weighted by Crippen LogP contribution is -2.37. The van der Waals surface area contributed by atoms with E-state index in [2.05, 4.69) is 38.9 Å². The molecule has 3 rings (SSSR count). The van der Waals surface area contributed by atoms with E-state index in [4.69, 9.17) is 0 Å². The SMILES string of the molecule is CCCNc1ncnc(N2CCCN3CCCC3C2)c1C. The van der Waals surface area contributed by atoms with Crippen LogP contribution < -0.4 is 10.2 Å². The summed E-state index contributed by atoms with van der Waals surface area (Å²) in [4.78, 5) is 14.1. The molecule has 0 amide bonds. The molecule has 3 heterocycles. The van der Waals surface area contributed by atoms with E-state index in [-0.39, 0.29) is 0 Å². The second-order valence-electron chi connectivity index (χ2n) is 6.23. The van der Waals surface area contributed by atoms with Gasteiger partial charge in [-0.05, 0) is 39.2 Å². The Labute approximate surface area is 127 Å². The molecule has 5 nitrogen and oxygen atoms in total. The van der Waals surface area contributed by atoms with Crippen LogP contribution in [0.15, 0.2) is 6.33 Å². The Balaban J connectivity index is 1.78. The average Bonchev–Trinajstić information content (AvgIpc) is 2.84. The lowest BCUT2D eigenvalue weighted by molar-refractivity contribution is 0.273. The van der Waals surface area contributed by atoms with E-state index in [1.165, 1.54) is 37.9 Å². The van der Waals surface area contributed by atoms with Gasteiger partial charge < -0.3 is 10.2 Å². The number of anilines is 2. The molecule has 1 aromatic rings. The van der Waals surface area contributed by atoms with Crippen LogP contribution in [0.3, 0.4) is 0 Å². The third-order valence-electron chi connectivity index (χ3n) is 4.70. The summed E-state index contributed by atoms with van der Waals surface area (Å²) in [6.45, 7) is 10.0. The van der Waals surface area contributed by atoms with E-state index in [0.717, 1.165) is 37.7 Å². The molecule has 0 bridgehead atoms. The molecular weight excluding hydrogens is 262 g/mol. The molecule has 0 saturated carbocycles. The lowest BCUT2D eigenvalue weighted by atomic mass is 10.2. The molecule has 1 aromatic heterocycles. The van der Waals surface area contributed by atoms with Gasteiger partial charge in [0.15, 0.2) is 0 Å². The Morgan fingerprint density at radius 3 is 2.95 bits per heavy atom. The first-order chi connectivity index (χ1) is 10.3. The number of nitrogens with one attached hydrogen (secondary N) is 1. The van der Waals surface area contributed by atoms with Gasteiger partial charge in [0.05, 0.1) is 0 Å². The number of hydrogen-bond donors (Lipinski definition) is 1. The molecule has 2 aliphatic heterocycles. The molecule has 1 N–H and O–H groups in total. The third kappa shape index (κ3) is 3.12. The first kappa shape index (κ1) is 14.6. The topological polar surface area (TPSA) is 44.3 Å². The summed E-state index contributed by atoms with van der Waals surface area (Å²) >= 11 is 0. The Bertz CT molecular complexity index is 476. The van der Waals surface area contributed by atoms with Crippen LogP contribution in [-0.4, -0.2) is 53.6 Å². The van der Waals surface area contributed by atoms with Gasteiger partial charge in [-0.15, -0.1) is 0 Å². The molecule has 116 valence electrons. The number of hydrogen-bond acceptors (Lipinski definition) is 5. The standard InChI is InChI=1S/C16H27N5/c1-3-7-17-15-13(2)16(19-12-18-15)21-10-5-9-20-8-4-6-14(20)11-21/h12,14H,3-11H2,1-2H3,(H,17,18,19). The van der Waals surface area contributed by atoms with Crippen LogP contribution in [-0.2, 0) is 0 Å². The maximum absolute atomic E-state index is 4.58. The van der Waals surface area contributed by atoms with Crippen molar-refractivity contribution in [1.82, 2.24) is 14.9 Å².